The van der Waals surface area contributed by atoms with E-state index in [2.05, 4.69) is 20.5 Å². The number of carbonyl (C=O) groups excluding carboxylic acids is 1. The summed E-state index contributed by atoms with van der Waals surface area (Å²) in [5, 5.41) is 21.5. The van der Waals surface area contributed by atoms with Gasteiger partial charge in [0, 0.05) is 32.4 Å². The van der Waals surface area contributed by atoms with Crippen molar-refractivity contribution in [2.24, 2.45) is 0 Å². The molecule has 1 amide bonds. The Morgan fingerprint density at radius 3 is 2.54 bits per heavy atom. The van der Waals surface area contributed by atoms with Crippen molar-refractivity contribution in [2.75, 3.05) is 51.8 Å². The number of nitrogens with one attached hydrogen (secondary N) is 1. The van der Waals surface area contributed by atoms with Gasteiger partial charge >= 0.3 is 6.18 Å². The maximum Gasteiger partial charge on any atom is 0.416 e. The molecule has 1 aliphatic rings. The van der Waals surface area contributed by atoms with Gasteiger partial charge in [-0.15, -0.1) is 0 Å². The van der Waals surface area contributed by atoms with Crippen LogP contribution < -0.4 is 15.0 Å². The van der Waals surface area contributed by atoms with Crippen LogP contribution in [0, 0.1) is 11.3 Å². The van der Waals surface area contributed by atoms with Crippen molar-refractivity contribution in [1.29, 1.82) is 5.26 Å². The van der Waals surface area contributed by atoms with E-state index >= 15 is 0 Å². The first-order chi connectivity index (χ1) is 19.6. The number of rotatable bonds is 9. The van der Waals surface area contributed by atoms with E-state index < -0.39 is 17.2 Å². The Bertz CT molecular complexity index is 1400. The van der Waals surface area contributed by atoms with Gasteiger partial charge in [0.25, 0.3) is 0 Å². The number of benzene rings is 1. The number of nitrogens with zero attached hydrogens (tertiary/aromatic N) is 6. The van der Waals surface area contributed by atoms with Crippen LogP contribution in [0.3, 0.4) is 0 Å². The molecule has 41 heavy (non-hydrogen) atoms. The smallest absolute Gasteiger partial charge is 0.416 e. The number of hydrogen-bond acceptors (Lipinski definition) is 8. The number of nitriles is 1. The second-order valence-corrected chi connectivity index (χ2v) is 10.1. The van der Waals surface area contributed by atoms with Crippen molar-refractivity contribution in [3.63, 3.8) is 0 Å². The zero-order valence-electron chi connectivity index (χ0n) is 23.2. The standard InChI is InChI=1S/C29H32F3N7O2/c1-4-41-26-22(6-5-13-34-26)23-8-10-25(37-36-23)28(27(40)35-14-17-38(2)3)11-15-39(16-12-28)24-9-7-21(29(30,31)32)18-20(24)19-33/h5-10,13,18H,4,11-12,14-17H2,1-3H3,(H,35,40). The summed E-state index contributed by atoms with van der Waals surface area (Å²) in [6.07, 6.45) is -2.25. The number of anilines is 1. The third-order valence-electron chi connectivity index (χ3n) is 7.16. The molecule has 4 rings (SSSR count). The highest BCUT2D eigenvalue weighted by molar-refractivity contribution is 5.88. The van der Waals surface area contributed by atoms with E-state index in [9.17, 15) is 23.2 Å². The normalized spacial score (nSPS) is 14.9. The van der Waals surface area contributed by atoms with Gasteiger partial charge in [-0.2, -0.15) is 28.6 Å². The van der Waals surface area contributed by atoms with E-state index in [0.717, 1.165) is 12.1 Å². The number of hydrogen-bond donors (Lipinski definition) is 1. The average Bonchev–Trinajstić information content (AvgIpc) is 2.97. The number of likely N-dealkylation sites (N-methyl/N-ethyl adjacent to an activating group) is 1. The van der Waals surface area contributed by atoms with Crippen molar-refractivity contribution in [3.05, 3.63) is 65.5 Å². The van der Waals surface area contributed by atoms with Crippen molar-refractivity contribution in [1.82, 2.24) is 25.4 Å². The molecule has 1 aromatic carbocycles. The van der Waals surface area contributed by atoms with Crippen LogP contribution in [0.15, 0.2) is 48.7 Å². The molecule has 1 saturated heterocycles. The zero-order chi connectivity index (χ0) is 29.6. The molecule has 0 aliphatic carbocycles. The largest absolute Gasteiger partial charge is 0.477 e. The highest BCUT2D eigenvalue weighted by atomic mass is 19.4. The molecule has 2 aromatic heterocycles. The highest BCUT2D eigenvalue weighted by Gasteiger charge is 2.45. The topological polar surface area (TPSA) is 107 Å². The molecule has 0 atom stereocenters. The van der Waals surface area contributed by atoms with Crippen LogP contribution in [0.4, 0.5) is 18.9 Å². The lowest BCUT2D eigenvalue weighted by atomic mass is 9.74. The van der Waals surface area contributed by atoms with Crippen LogP contribution in [-0.2, 0) is 16.4 Å². The minimum absolute atomic E-state index is 0.0616. The summed E-state index contributed by atoms with van der Waals surface area (Å²) >= 11 is 0. The fourth-order valence-corrected chi connectivity index (χ4v) is 4.94. The van der Waals surface area contributed by atoms with Gasteiger partial charge < -0.3 is 19.9 Å². The number of alkyl halides is 3. The Morgan fingerprint density at radius 1 is 1.17 bits per heavy atom. The Morgan fingerprint density at radius 2 is 1.93 bits per heavy atom. The molecule has 1 fully saturated rings. The predicted octanol–water partition coefficient (Wildman–Crippen LogP) is 4.04. The molecule has 216 valence electrons. The molecular formula is C29H32F3N7O2. The fraction of sp³-hybridized carbons (Fsp3) is 0.414. The van der Waals surface area contributed by atoms with Crippen LogP contribution in [0.2, 0.25) is 0 Å². The first kappa shape index (κ1) is 29.7. The summed E-state index contributed by atoms with van der Waals surface area (Å²) in [4.78, 5) is 21.8. The van der Waals surface area contributed by atoms with Gasteiger partial charge in [0.05, 0.1) is 45.8 Å². The number of carbonyl (C=O) groups is 1. The summed E-state index contributed by atoms with van der Waals surface area (Å²) in [7, 11) is 3.83. The average molecular weight is 568 g/mol. The van der Waals surface area contributed by atoms with E-state index in [1.165, 1.54) is 6.07 Å². The summed E-state index contributed by atoms with van der Waals surface area (Å²) < 4.78 is 45.3. The van der Waals surface area contributed by atoms with Crippen molar-refractivity contribution < 1.29 is 22.7 Å². The van der Waals surface area contributed by atoms with Crippen molar-refractivity contribution >= 4 is 11.6 Å². The lowest BCUT2D eigenvalue weighted by molar-refractivity contribution is -0.137. The molecule has 0 radical (unpaired) electrons. The van der Waals surface area contributed by atoms with Gasteiger partial charge in [0.2, 0.25) is 11.8 Å². The van der Waals surface area contributed by atoms with Crippen LogP contribution in [-0.4, -0.2) is 72.9 Å². The molecule has 0 spiro atoms. The van der Waals surface area contributed by atoms with Crippen molar-refractivity contribution in [2.45, 2.75) is 31.4 Å². The summed E-state index contributed by atoms with van der Waals surface area (Å²) in [5.74, 6) is 0.247. The Hall–Kier alpha value is -4.24. The number of halogens is 3. The lowest BCUT2D eigenvalue weighted by Gasteiger charge is -2.41. The number of ether oxygens (including phenoxy) is 1. The zero-order valence-corrected chi connectivity index (χ0v) is 23.2. The minimum atomic E-state index is -4.55. The number of piperidine rings is 1. The molecule has 0 unspecified atom stereocenters. The molecule has 0 saturated carbocycles. The van der Waals surface area contributed by atoms with Gasteiger partial charge in [0.1, 0.15) is 6.07 Å². The monoisotopic (exact) mass is 567 g/mol. The van der Waals surface area contributed by atoms with E-state index in [-0.39, 0.29) is 11.5 Å². The van der Waals surface area contributed by atoms with E-state index in [1.54, 1.807) is 24.4 Å². The van der Waals surface area contributed by atoms with Crippen molar-refractivity contribution in [3.8, 4) is 23.2 Å². The Labute approximate surface area is 237 Å². The Balaban J connectivity index is 1.63. The number of pyridine rings is 1. The first-order valence-electron chi connectivity index (χ1n) is 13.3. The van der Waals surface area contributed by atoms with E-state index in [0.29, 0.717) is 74.1 Å². The first-order valence-corrected chi connectivity index (χ1v) is 13.3. The van der Waals surface area contributed by atoms with Gasteiger partial charge in [-0.3, -0.25) is 4.79 Å². The SMILES string of the molecule is CCOc1ncccc1-c1ccc(C2(C(=O)NCCN(C)C)CCN(c3ccc(C(F)(F)F)cc3C#N)CC2)nn1. The van der Waals surface area contributed by atoms with Crippen LogP contribution >= 0.6 is 0 Å². The van der Waals surface area contributed by atoms with Gasteiger partial charge in [-0.25, -0.2) is 4.98 Å². The molecule has 12 heteroatoms. The lowest BCUT2D eigenvalue weighted by Crippen LogP contribution is -2.53. The van der Waals surface area contributed by atoms with E-state index in [4.69, 9.17) is 4.74 Å². The quantitative estimate of drug-likeness (QED) is 0.413. The van der Waals surface area contributed by atoms with Crippen LogP contribution in [0.1, 0.15) is 36.6 Å². The predicted molar refractivity (Wildman–Crippen MR) is 147 cm³/mol. The third-order valence-corrected chi connectivity index (χ3v) is 7.16. The molecule has 9 nitrogen and oxygen atoms in total. The van der Waals surface area contributed by atoms with E-state index in [1.807, 2.05) is 43.0 Å². The van der Waals surface area contributed by atoms with Crippen LogP contribution in [0.25, 0.3) is 11.3 Å². The summed E-state index contributed by atoms with van der Waals surface area (Å²) in [6, 6.07) is 12.2. The summed E-state index contributed by atoms with van der Waals surface area (Å²) in [6.45, 7) is 4.06. The van der Waals surface area contributed by atoms with Crippen LogP contribution in [0.5, 0.6) is 5.88 Å². The molecular weight excluding hydrogens is 535 g/mol. The molecule has 0 bridgehead atoms. The Kier molecular flexibility index (Phi) is 9.08. The van der Waals surface area contributed by atoms with Gasteiger partial charge in [0.15, 0.2) is 0 Å². The van der Waals surface area contributed by atoms with Gasteiger partial charge in [-0.1, -0.05) is 0 Å². The molecule has 3 aromatic rings. The molecule has 1 N–H and O–H groups in total. The number of amides is 1. The fourth-order valence-electron chi connectivity index (χ4n) is 4.94. The number of aromatic nitrogens is 3. The molecule has 3 heterocycles. The minimum Gasteiger partial charge on any atom is -0.477 e. The maximum atomic E-state index is 13.7. The highest BCUT2D eigenvalue weighted by Crippen LogP contribution is 2.39. The second kappa shape index (κ2) is 12.5. The third kappa shape index (κ3) is 6.57. The van der Waals surface area contributed by atoms with Gasteiger partial charge in [-0.05, 0) is 76.3 Å². The molecule has 1 aliphatic heterocycles. The second-order valence-electron chi connectivity index (χ2n) is 10.1. The summed E-state index contributed by atoms with van der Waals surface area (Å²) in [5.41, 5.74) is 0.189. The maximum absolute atomic E-state index is 13.7.